The Hall–Kier alpha value is -3.07. The number of nitrogens with zero attached hydrogens (tertiary/aromatic N) is 6. The molecule has 0 saturated carbocycles. The van der Waals surface area contributed by atoms with E-state index in [2.05, 4.69) is 54.6 Å². The number of methoxy groups -OCH3 is 1. The molecule has 0 aliphatic carbocycles. The predicted molar refractivity (Wildman–Crippen MR) is 95.6 cm³/mol. The number of rotatable bonds is 3. The van der Waals surface area contributed by atoms with Crippen LogP contribution in [0.4, 0.5) is 5.95 Å². The van der Waals surface area contributed by atoms with Crippen LogP contribution in [0.25, 0.3) is 28.1 Å². The molecule has 0 radical (unpaired) electrons. The second kappa shape index (κ2) is 5.78. The summed E-state index contributed by atoms with van der Waals surface area (Å²) in [7, 11) is 5.71. The van der Waals surface area contributed by atoms with Gasteiger partial charge in [0.1, 0.15) is 11.3 Å². The zero-order valence-electron chi connectivity index (χ0n) is 14.4. The van der Waals surface area contributed by atoms with E-state index in [4.69, 9.17) is 10.5 Å². The molecule has 0 fully saturated rings. The molecule has 9 heteroatoms. The summed E-state index contributed by atoms with van der Waals surface area (Å²) in [5.74, 6) is 1.22. The third-order valence-electron chi connectivity index (χ3n) is 4.11. The number of nitrogens with two attached hydrogens (primary N) is 1. The van der Waals surface area contributed by atoms with Gasteiger partial charge < -0.3 is 24.9 Å². The van der Waals surface area contributed by atoms with Crippen molar-refractivity contribution in [3.8, 4) is 17.3 Å². The first kappa shape index (κ1) is 15.5. The number of ether oxygens (including phenoxy) is 1. The van der Waals surface area contributed by atoms with E-state index in [-0.39, 0.29) is 5.95 Å². The van der Waals surface area contributed by atoms with Crippen LogP contribution in [0.2, 0.25) is 0 Å². The third-order valence-corrected chi connectivity index (χ3v) is 4.11. The van der Waals surface area contributed by atoms with Gasteiger partial charge in [0.15, 0.2) is 0 Å². The topological polar surface area (TPSA) is 101 Å². The number of fused-ring (bicyclic) bond motifs is 1. The van der Waals surface area contributed by atoms with Crippen molar-refractivity contribution in [3.63, 3.8) is 0 Å². The number of aromatic nitrogens is 5. The fourth-order valence-electron chi connectivity index (χ4n) is 3.09. The van der Waals surface area contributed by atoms with Crippen LogP contribution in [-0.4, -0.2) is 68.7 Å². The molecule has 0 spiro atoms. The van der Waals surface area contributed by atoms with E-state index in [1.807, 2.05) is 12.4 Å². The minimum atomic E-state index is 0.168. The van der Waals surface area contributed by atoms with Gasteiger partial charge in [-0.05, 0) is 7.05 Å². The fourth-order valence-corrected chi connectivity index (χ4v) is 3.09. The first-order valence-electron chi connectivity index (χ1n) is 7.88. The fraction of sp³-hybridized carbons (Fsp3) is 0.312. The lowest BCUT2D eigenvalue weighted by atomic mass is 10.3. The minimum absolute atomic E-state index is 0.168. The maximum absolute atomic E-state index is 5.61. The van der Waals surface area contributed by atoms with E-state index in [1.165, 1.54) is 5.70 Å². The Morgan fingerprint density at radius 1 is 1.24 bits per heavy atom. The summed E-state index contributed by atoms with van der Waals surface area (Å²) in [6.07, 6.45) is 7.81. The lowest BCUT2D eigenvalue weighted by Crippen LogP contribution is -2.36. The molecule has 3 aromatic rings. The number of aromatic amines is 1. The van der Waals surface area contributed by atoms with Gasteiger partial charge in [-0.15, -0.1) is 0 Å². The van der Waals surface area contributed by atoms with Crippen LogP contribution in [0.15, 0.2) is 24.8 Å². The van der Waals surface area contributed by atoms with Gasteiger partial charge in [-0.3, -0.25) is 4.90 Å². The Morgan fingerprint density at radius 2 is 2.08 bits per heavy atom. The highest BCUT2D eigenvalue weighted by Gasteiger charge is 2.17. The van der Waals surface area contributed by atoms with Crippen LogP contribution < -0.4 is 10.5 Å². The zero-order chi connectivity index (χ0) is 17.6. The van der Waals surface area contributed by atoms with Gasteiger partial charge in [-0.1, -0.05) is 0 Å². The summed E-state index contributed by atoms with van der Waals surface area (Å²) < 4.78 is 7.38. The van der Waals surface area contributed by atoms with Gasteiger partial charge >= 0.3 is 0 Å². The number of hydrogen-bond donors (Lipinski definition) is 2. The van der Waals surface area contributed by atoms with Crippen LogP contribution in [0.3, 0.4) is 0 Å². The zero-order valence-corrected chi connectivity index (χ0v) is 14.4. The van der Waals surface area contributed by atoms with Crippen LogP contribution in [-0.2, 0) is 0 Å². The Balaban J connectivity index is 1.71. The molecule has 0 aromatic carbocycles. The summed E-state index contributed by atoms with van der Waals surface area (Å²) in [4.78, 5) is 20.5. The number of imidazole rings is 1. The van der Waals surface area contributed by atoms with Crippen molar-refractivity contribution in [2.24, 2.45) is 0 Å². The van der Waals surface area contributed by atoms with Crippen LogP contribution in [0, 0.1) is 0 Å². The molecule has 3 aromatic heterocycles. The Labute approximate surface area is 144 Å². The number of nitrogens with one attached hydrogen (secondary N) is 1. The summed E-state index contributed by atoms with van der Waals surface area (Å²) in [5, 5.41) is 0. The quantitative estimate of drug-likeness (QED) is 0.735. The molecule has 4 heterocycles. The highest BCUT2D eigenvalue weighted by Crippen LogP contribution is 2.28. The van der Waals surface area contributed by atoms with Gasteiger partial charge in [0.25, 0.3) is 0 Å². The lowest BCUT2D eigenvalue weighted by Gasteiger charge is -2.30. The molecule has 130 valence electrons. The molecule has 1 aliphatic heterocycles. The molecule has 0 unspecified atom stereocenters. The standard InChI is InChI=1S/C16H20N8O/c1-22-5-10(6-23(2)9-22)24-7-12-13(8-24)20-14(19-12)11-4-18-16(17)21-15(11)25-3/h4-5,7-8H,6,9H2,1-3H3,(H,19,20)(H2,17,18,21). The van der Waals surface area contributed by atoms with Gasteiger partial charge in [-0.25, -0.2) is 9.97 Å². The van der Waals surface area contributed by atoms with Crippen LogP contribution >= 0.6 is 0 Å². The Kier molecular flexibility index (Phi) is 3.57. The molecule has 0 saturated heterocycles. The monoisotopic (exact) mass is 340 g/mol. The molecular weight excluding hydrogens is 320 g/mol. The summed E-state index contributed by atoms with van der Waals surface area (Å²) >= 11 is 0. The van der Waals surface area contributed by atoms with Gasteiger partial charge in [-0.2, -0.15) is 4.98 Å². The van der Waals surface area contributed by atoms with Crippen molar-refractivity contribution >= 4 is 22.7 Å². The molecule has 1 aliphatic rings. The first-order chi connectivity index (χ1) is 12.0. The predicted octanol–water partition coefficient (Wildman–Crippen LogP) is 1.05. The number of hydrogen-bond acceptors (Lipinski definition) is 7. The smallest absolute Gasteiger partial charge is 0.229 e. The van der Waals surface area contributed by atoms with E-state index < -0.39 is 0 Å². The molecule has 0 amide bonds. The first-order valence-corrected chi connectivity index (χ1v) is 7.88. The van der Waals surface area contributed by atoms with Gasteiger partial charge in [0.2, 0.25) is 11.8 Å². The highest BCUT2D eigenvalue weighted by molar-refractivity contribution is 5.81. The second-order valence-electron chi connectivity index (χ2n) is 6.23. The maximum Gasteiger partial charge on any atom is 0.229 e. The molecule has 3 N–H and O–H groups in total. The number of likely N-dealkylation sites (N-methyl/N-ethyl adjacent to an activating group) is 1. The second-order valence-corrected chi connectivity index (χ2v) is 6.23. The number of anilines is 1. The Morgan fingerprint density at radius 3 is 2.80 bits per heavy atom. The van der Waals surface area contributed by atoms with Gasteiger partial charge in [0.05, 0.1) is 30.6 Å². The molecule has 0 atom stereocenters. The SMILES string of the molecule is COc1nc(N)ncc1-c1nc2cn(C3=CN(C)CN(C)C3)cc2[nH]1. The van der Waals surface area contributed by atoms with Crippen molar-refractivity contribution in [1.82, 2.24) is 34.3 Å². The van der Waals surface area contributed by atoms with Crippen molar-refractivity contribution in [1.29, 1.82) is 0 Å². The molecule has 25 heavy (non-hydrogen) atoms. The summed E-state index contributed by atoms with van der Waals surface area (Å²) in [5.41, 5.74) is 9.28. The molecular formula is C16H20N8O. The molecule has 9 nitrogen and oxygen atoms in total. The minimum Gasteiger partial charge on any atom is -0.480 e. The summed E-state index contributed by atoms with van der Waals surface area (Å²) in [6.45, 7) is 1.80. The van der Waals surface area contributed by atoms with Crippen molar-refractivity contribution < 1.29 is 4.74 Å². The lowest BCUT2D eigenvalue weighted by molar-refractivity contribution is 0.231. The highest BCUT2D eigenvalue weighted by atomic mass is 16.5. The van der Waals surface area contributed by atoms with Crippen LogP contribution in [0.5, 0.6) is 5.88 Å². The Bertz CT molecular complexity index is 925. The molecule has 0 bridgehead atoms. The maximum atomic E-state index is 5.61. The van der Waals surface area contributed by atoms with E-state index >= 15 is 0 Å². The average molecular weight is 340 g/mol. The van der Waals surface area contributed by atoms with Gasteiger partial charge in [0, 0.05) is 38.4 Å². The number of nitrogen functional groups attached to an aromatic ring is 1. The van der Waals surface area contributed by atoms with E-state index in [0.717, 1.165) is 24.2 Å². The van der Waals surface area contributed by atoms with Crippen molar-refractivity contribution in [2.45, 2.75) is 0 Å². The van der Waals surface area contributed by atoms with Crippen LogP contribution in [0.1, 0.15) is 0 Å². The summed E-state index contributed by atoms with van der Waals surface area (Å²) in [6, 6.07) is 0. The normalized spacial score (nSPS) is 15.6. The molecule has 4 rings (SSSR count). The van der Waals surface area contributed by atoms with E-state index in [9.17, 15) is 0 Å². The third kappa shape index (κ3) is 2.78. The number of H-pyrrole nitrogens is 1. The largest absolute Gasteiger partial charge is 0.480 e. The van der Waals surface area contributed by atoms with Crippen molar-refractivity contribution in [3.05, 3.63) is 24.8 Å². The average Bonchev–Trinajstić information content (AvgIpc) is 3.12. The van der Waals surface area contributed by atoms with Crippen molar-refractivity contribution in [2.75, 3.05) is 40.2 Å². The van der Waals surface area contributed by atoms with E-state index in [0.29, 0.717) is 17.3 Å². The van der Waals surface area contributed by atoms with E-state index in [1.54, 1.807) is 13.3 Å².